The summed E-state index contributed by atoms with van der Waals surface area (Å²) in [6, 6.07) is 10.6. The maximum atomic E-state index is 12.2. The minimum Gasteiger partial charge on any atom is -0.497 e. The average molecular weight is 314 g/mol. The fraction of sp³-hybridized carbons (Fsp3) is 0.125. The molecule has 6 heteroatoms. The highest BCUT2D eigenvalue weighted by Gasteiger charge is 2.13. The number of nitrogens with zero attached hydrogens (tertiary/aromatic N) is 1. The highest BCUT2D eigenvalue weighted by molar-refractivity contribution is 7.10. The third kappa shape index (κ3) is 3.65. The molecule has 0 fully saturated rings. The molecule has 0 aliphatic heterocycles. The summed E-state index contributed by atoms with van der Waals surface area (Å²) in [6.45, 7) is 0. The first-order valence-electron chi connectivity index (χ1n) is 6.36. The van der Waals surface area contributed by atoms with Gasteiger partial charge < -0.3 is 14.8 Å². The lowest BCUT2D eigenvalue weighted by molar-refractivity contribution is -0.112. The van der Waals surface area contributed by atoms with Gasteiger partial charge in [-0.15, -0.1) is 11.3 Å². The number of nitriles is 1. The number of amides is 1. The molecule has 0 saturated heterocycles. The van der Waals surface area contributed by atoms with Gasteiger partial charge in [0.15, 0.2) is 0 Å². The summed E-state index contributed by atoms with van der Waals surface area (Å²) in [6.07, 6.45) is 1.55. The van der Waals surface area contributed by atoms with E-state index >= 15 is 0 Å². The van der Waals surface area contributed by atoms with E-state index in [4.69, 9.17) is 9.47 Å². The second kappa shape index (κ2) is 7.29. The second-order valence-electron chi connectivity index (χ2n) is 4.21. The minimum absolute atomic E-state index is 0.0207. The molecule has 0 atom stereocenters. The SMILES string of the molecule is COc1ccc(OC)c(NC(=O)/C(C#N)=C/c2cccs2)c1. The molecule has 5 nitrogen and oxygen atoms in total. The van der Waals surface area contributed by atoms with E-state index < -0.39 is 5.91 Å². The molecule has 2 rings (SSSR count). The first-order valence-corrected chi connectivity index (χ1v) is 7.24. The van der Waals surface area contributed by atoms with Crippen molar-refractivity contribution in [1.82, 2.24) is 0 Å². The van der Waals surface area contributed by atoms with Crippen molar-refractivity contribution in [3.63, 3.8) is 0 Å². The van der Waals surface area contributed by atoms with Crippen molar-refractivity contribution >= 4 is 29.0 Å². The Labute approximate surface area is 132 Å². The monoisotopic (exact) mass is 314 g/mol. The Kier molecular flexibility index (Phi) is 5.17. The highest BCUT2D eigenvalue weighted by atomic mass is 32.1. The van der Waals surface area contributed by atoms with Gasteiger partial charge in [-0.2, -0.15) is 5.26 Å². The third-order valence-corrected chi connectivity index (χ3v) is 3.67. The molecule has 0 bridgehead atoms. The number of anilines is 1. The van der Waals surface area contributed by atoms with Gasteiger partial charge >= 0.3 is 0 Å². The molecular weight excluding hydrogens is 300 g/mol. The number of carbonyl (C=O) groups is 1. The number of thiophene rings is 1. The lowest BCUT2D eigenvalue weighted by Gasteiger charge is -2.11. The lowest BCUT2D eigenvalue weighted by atomic mass is 10.2. The van der Waals surface area contributed by atoms with E-state index in [1.807, 2.05) is 23.6 Å². The fourth-order valence-corrected chi connectivity index (χ4v) is 2.42. The standard InChI is InChI=1S/C16H14N2O3S/c1-20-12-5-6-15(21-2)14(9-12)18-16(19)11(10-17)8-13-4-3-7-22-13/h3-9H,1-2H3,(H,18,19)/b11-8+. The second-order valence-corrected chi connectivity index (χ2v) is 5.18. The van der Waals surface area contributed by atoms with Gasteiger partial charge in [0.2, 0.25) is 0 Å². The van der Waals surface area contributed by atoms with Crippen molar-refractivity contribution in [3.05, 3.63) is 46.2 Å². The minimum atomic E-state index is -0.498. The number of rotatable bonds is 5. The van der Waals surface area contributed by atoms with Crippen LogP contribution in [-0.2, 0) is 4.79 Å². The molecular formula is C16H14N2O3S. The van der Waals surface area contributed by atoms with Crippen molar-refractivity contribution in [2.75, 3.05) is 19.5 Å². The molecule has 0 unspecified atom stereocenters. The number of nitrogens with one attached hydrogen (secondary N) is 1. The molecule has 22 heavy (non-hydrogen) atoms. The normalized spacial score (nSPS) is 10.7. The smallest absolute Gasteiger partial charge is 0.266 e. The predicted octanol–water partition coefficient (Wildman–Crippen LogP) is 3.31. The van der Waals surface area contributed by atoms with E-state index in [2.05, 4.69) is 5.32 Å². The van der Waals surface area contributed by atoms with Gasteiger partial charge in [-0.05, 0) is 29.7 Å². The van der Waals surface area contributed by atoms with Gasteiger partial charge in [0, 0.05) is 10.9 Å². The van der Waals surface area contributed by atoms with Gasteiger partial charge in [-0.1, -0.05) is 6.07 Å². The van der Waals surface area contributed by atoms with Crippen LogP contribution >= 0.6 is 11.3 Å². The van der Waals surface area contributed by atoms with Crippen LogP contribution in [0.4, 0.5) is 5.69 Å². The molecule has 0 radical (unpaired) electrons. The lowest BCUT2D eigenvalue weighted by Crippen LogP contribution is -2.14. The maximum Gasteiger partial charge on any atom is 0.266 e. The molecule has 1 N–H and O–H groups in total. The van der Waals surface area contributed by atoms with Crippen molar-refractivity contribution in [2.24, 2.45) is 0 Å². The largest absolute Gasteiger partial charge is 0.497 e. The van der Waals surface area contributed by atoms with E-state index in [1.54, 1.807) is 24.3 Å². The van der Waals surface area contributed by atoms with Crippen LogP contribution in [0, 0.1) is 11.3 Å². The molecule has 1 aromatic heterocycles. The first kappa shape index (κ1) is 15.6. The van der Waals surface area contributed by atoms with Crippen molar-refractivity contribution in [1.29, 1.82) is 5.26 Å². The summed E-state index contributed by atoms with van der Waals surface area (Å²) < 4.78 is 10.3. The summed E-state index contributed by atoms with van der Waals surface area (Å²) >= 11 is 1.45. The third-order valence-electron chi connectivity index (χ3n) is 2.85. The van der Waals surface area contributed by atoms with Gasteiger partial charge in [-0.25, -0.2) is 0 Å². The zero-order chi connectivity index (χ0) is 15.9. The van der Waals surface area contributed by atoms with Gasteiger partial charge in [0.05, 0.1) is 19.9 Å². The summed E-state index contributed by atoms with van der Waals surface area (Å²) in [7, 11) is 3.04. The quantitative estimate of drug-likeness (QED) is 0.679. The molecule has 2 aromatic rings. The number of carbonyl (C=O) groups excluding carboxylic acids is 1. The highest BCUT2D eigenvalue weighted by Crippen LogP contribution is 2.29. The Morgan fingerprint density at radius 2 is 2.14 bits per heavy atom. The summed E-state index contributed by atoms with van der Waals surface area (Å²) in [4.78, 5) is 13.1. The molecule has 1 aromatic carbocycles. The van der Waals surface area contributed by atoms with Gasteiger partial charge in [0.1, 0.15) is 23.1 Å². The average Bonchev–Trinajstić information content (AvgIpc) is 3.05. The van der Waals surface area contributed by atoms with E-state index in [0.29, 0.717) is 17.2 Å². The van der Waals surface area contributed by atoms with Crippen LogP contribution in [-0.4, -0.2) is 20.1 Å². The van der Waals surface area contributed by atoms with E-state index in [-0.39, 0.29) is 5.57 Å². The Bertz CT molecular complexity index is 730. The summed E-state index contributed by atoms with van der Waals surface area (Å²) in [5, 5.41) is 13.7. The van der Waals surface area contributed by atoms with Crippen LogP contribution in [0.2, 0.25) is 0 Å². The molecule has 1 heterocycles. The molecule has 112 valence electrons. The summed E-state index contributed by atoms with van der Waals surface area (Å²) in [5.74, 6) is 0.571. The number of methoxy groups -OCH3 is 2. The van der Waals surface area contributed by atoms with Gasteiger partial charge in [0.25, 0.3) is 5.91 Å². The fourth-order valence-electron chi connectivity index (χ4n) is 1.77. The van der Waals surface area contributed by atoms with Crippen LogP contribution in [0.5, 0.6) is 11.5 Å². The van der Waals surface area contributed by atoms with Crippen molar-refractivity contribution in [2.45, 2.75) is 0 Å². The van der Waals surface area contributed by atoms with Crippen LogP contribution in [0.1, 0.15) is 4.88 Å². The van der Waals surface area contributed by atoms with Crippen LogP contribution in [0.25, 0.3) is 6.08 Å². The van der Waals surface area contributed by atoms with Crippen LogP contribution in [0.3, 0.4) is 0 Å². The van der Waals surface area contributed by atoms with E-state index in [0.717, 1.165) is 4.88 Å². The van der Waals surface area contributed by atoms with Crippen molar-refractivity contribution in [3.8, 4) is 17.6 Å². The first-order chi connectivity index (χ1) is 10.7. The Morgan fingerprint density at radius 3 is 2.73 bits per heavy atom. The van der Waals surface area contributed by atoms with Crippen molar-refractivity contribution < 1.29 is 14.3 Å². The van der Waals surface area contributed by atoms with Gasteiger partial charge in [-0.3, -0.25) is 4.79 Å². The number of hydrogen-bond donors (Lipinski definition) is 1. The Balaban J connectivity index is 2.26. The molecule has 0 aliphatic rings. The van der Waals surface area contributed by atoms with E-state index in [1.165, 1.54) is 25.6 Å². The maximum absolute atomic E-state index is 12.2. The number of hydrogen-bond acceptors (Lipinski definition) is 5. The molecule has 0 spiro atoms. The Hall–Kier alpha value is -2.78. The zero-order valence-electron chi connectivity index (χ0n) is 12.1. The summed E-state index contributed by atoms with van der Waals surface area (Å²) in [5.41, 5.74) is 0.464. The topological polar surface area (TPSA) is 71.3 Å². The zero-order valence-corrected chi connectivity index (χ0v) is 12.9. The molecule has 0 saturated carbocycles. The molecule has 0 aliphatic carbocycles. The van der Waals surface area contributed by atoms with E-state index in [9.17, 15) is 10.1 Å². The molecule has 1 amide bonds. The Morgan fingerprint density at radius 1 is 1.32 bits per heavy atom. The number of benzene rings is 1. The van der Waals surface area contributed by atoms with Crippen LogP contribution in [0.15, 0.2) is 41.3 Å². The number of ether oxygens (including phenoxy) is 2. The predicted molar refractivity (Wildman–Crippen MR) is 86.1 cm³/mol. The van der Waals surface area contributed by atoms with Crippen LogP contribution < -0.4 is 14.8 Å².